The standard InChI is InChI=1S/CH5N3.CH5N.I2.2HI.V/c1-3-4-2;2*1-2;;;/h1H3,(H2,2,3);2H2,1H3;;2*1H;/q;;;;;+2/p-2. The van der Waals surface area contributed by atoms with E-state index in [4.69, 9.17) is 0 Å². The third-order valence-electron chi connectivity index (χ3n) is 0.115. The Morgan fingerprint density at radius 1 is 1.18 bits per heavy atom. The monoisotopic (exact) mass is 649 g/mol. The van der Waals surface area contributed by atoms with Crippen molar-refractivity contribution in [1.29, 1.82) is 0 Å². The van der Waals surface area contributed by atoms with E-state index >= 15 is 0 Å². The molecule has 0 aliphatic heterocycles. The van der Waals surface area contributed by atoms with Crippen molar-refractivity contribution < 1.29 is 9.47 Å². The number of halogens is 4. The van der Waals surface area contributed by atoms with Crippen LogP contribution in [0.4, 0.5) is 0 Å². The second kappa shape index (κ2) is 52.7. The molecule has 71 valence electrons. The Bertz CT molecular complexity index is 43.1. The molecular formula is C2H10I4N4V. The zero-order valence-electron chi connectivity index (χ0n) is 6.01. The molecule has 0 radical (unpaired) electrons. The summed E-state index contributed by atoms with van der Waals surface area (Å²) in [5.41, 5.74) is 4.50. The summed E-state index contributed by atoms with van der Waals surface area (Å²) in [5, 5.41) is 6.00. The second-order valence-electron chi connectivity index (χ2n) is 0.379. The van der Waals surface area contributed by atoms with Crippen LogP contribution in [0.15, 0.2) is 10.3 Å². The minimum absolute atomic E-state index is 0.628. The quantitative estimate of drug-likeness (QED) is 0.184. The Hall–Kier alpha value is 2.86. The van der Waals surface area contributed by atoms with Gasteiger partial charge in [-0.25, -0.2) is 0 Å². The van der Waals surface area contributed by atoms with E-state index in [0.717, 1.165) is 0 Å². The summed E-state index contributed by atoms with van der Waals surface area (Å²) in [4.78, 5) is 0. The molecule has 4 N–H and O–H groups in total. The number of rotatable bonds is 0. The first-order chi connectivity index (χ1) is 5.33. The number of nitrogens with zero attached hydrogens (tertiary/aromatic N) is 2. The van der Waals surface area contributed by atoms with E-state index in [-0.39, 0.29) is 0 Å². The third kappa shape index (κ3) is 102. The molecule has 0 aromatic heterocycles. The molecule has 0 saturated carbocycles. The van der Waals surface area contributed by atoms with Crippen molar-refractivity contribution in [2.24, 2.45) is 21.9 Å². The van der Waals surface area contributed by atoms with E-state index in [1.807, 2.05) is 0 Å². The first-order valence-electron chi connectivity index (χ1n) is 1.96. The predicted molar refractivity (Wildman–Crippen MR) is 81.2 cm³/mol. The van der Waals surface area contributed by atoms with Gasteiger partial charge in [-0.3, -0.25) is 0 Å². The van der Waals surface area contributed by atoms with Gasteiger partial charge in [-0.15, -0.1) is 0 Å². The SMILES string of the molecule is CN.CN=NN.II.[I][V][I]. The van der Waals surface area contributed by atoms with E-state index < -0.39 is 0 Å². The van der Waals surface area contributed by atoms with Gasteiger partial charge in [-0.2, -0.15) is 5.11 Å². The Kier molecular flexibility index (Phi) is 113. The fourth-order valence-electron chi connectivity index (χ4n) is 0. The number of nitrogens with two attached hydrogens (primary N) is 2. The van der Waals surface area contributed by atoms with Gasteiger partial charge in [0.1, 0.15) is 0 Å². The van der Waals surface area contributed by atoms with Gasteiger partial charge < -0.3 is 11.6 Å². The van der Waals surface area contributed by atoms with Crippen molar-refractivity contribution in [2.45, 2.75) is 0 Å². The van der Waals surface area contributed by atoms with Crippen molar-refractivity contribution in [3.05, 3.63) is 0 Å². The predicted octanol–water partition coefficient (Wildman–Crippen LogP) is 3.06. The van der Waals surface area contributed by atoms with E-state index in [2.05, 4.69) is 99.1 Å². The third-order valence-corrected chi connectivity index (χ3v) is 0.115. The van der Waals surface area contributed by atoms with Crippen molar-refractivity contribution in [1.82, 2.24) is 0 Å². The molecule has 0 saturated heterocycles. The van der Waals surface area contributed by atoms with Crippen molar-refractivity contribution in [2.75, 3.05) is 14.1 Å². The Labute approximate surface area is 120 Å². The van der Waals surface area contributed by atoms with E-state index in [1.54, 1.807) is 0 Å². The van der Waals surface area contributed by atoms with Crippen LogP contribution in [-0.2, 0) is 9.47 Å². The van der Waals surface area contributed by atoms with E-state index in [1.165, 1.54) is 14.1 Å². The van der Waals surface area contributed by atoms with Crippen LogP contribution in [0.5, 0.6) is 0 Å². The van der Waals surface area contributed by atoms with Gasteiger partial charge in [-0.05, 0) is 7.05 Å². The maximum absolute atomic E-state index is 4.50. The van der Waals surface area contributed by atoms with Crippen LogP contribution in [0.25, 0.3) is 0 Å². The molecule has 0 rings (SSSR count). The van der Waals surface area contributed by atoms with Gasteiger partial charge in [0.25, 0.3) is 0 Å². The van der Waals surface area contributed by atoms with Gasteiger partial charge in [0.05, 0.1) is 7.05 Å². The number of hydrogen-bond donors (Lipinski definition) is 2. The summed E-state index contributed by atoms with van der Waals surface area (Å²) in [6, 6.07) is 0. The fraction of sp³-hybridized carbons (Fsp3) is 1.00. The molecule has 0 aromatic rings. The summed E-state index contributed by atoms with van der Waals surface area (Å²) in [6.07, 6.45) is 0. The normalized spacial score (nSPS) is 5.73. The average Bonchev–Trinajstić information content (AvgIpc) is 2.12. The first-order valence-corrected chi connectivity index (χ1v) is 17.3. The molecule has 0 atom stereocenters. The topological polar surface area (TPSA) is 76.8 Å². The molecule has 0 bridgehead atoms. The molecule has 11 heavy (non-hydrogen) atoms. The van der Waals surface area contributed by atoms with Crippen LogP contribution < -0.4 is 11.6 Å². The summed E-state index contributed by atoms with van der Waals surface area (Å²) < 4.78 is 0. The molecular weight excluding hydrogens is 639 g/mol. The molecule has 0 aliphatic rings. The zero-order valence-corrected chi connectivity index (χ0v) is 16.0. The maximum atomic E-state index is 4.50. The zero-order chi connectivity index (χ0) is 10.1. The Morgan fingerprint density at radius 2 is 1.27 bits per heavy atom. The molecule has 9 heteroatoms. The van der Waals surface area contributed by atoms with Crippen molar-refractivity contribution >= 4 is 77.2 Å². The van der Waals surface area contributed by atoms with Crippen molar-refractivity contribution in [3.8, 4) is 0 Å². The van der Waals surface area contributed by atoms with Crippen LogP contribution >= 0.6 is 77.2 Å². The van der Waals surface area contributed by atoms with E-state index in [0.29, 0.717) is 9.47 Å². The van der Waals surface area contributed by atoms with Crippen molar-refractivity contribution in [3.63, 3.8) is 0 Å². The Morgan fingerprint density at radius 3 is 1.27 bits per heavy atom. The van der Waals surface area contributed by atoms with Gasteiger partial charge >= 0.3 is 49.4 Å². The van der Waals surface area contributed by atoms with Gasteiger partial charge in [-0.1, -0.05) is 5.22 Å². The second-order valence-corrected chi connectivity index (χ2v) is 12.2. The average molecular weight is 649 g/mol. The van der Waals surface area contributed by atoms with Crippen LogP contribution in [0.3, 0.4) is 0 Å². The van der Waals surface area contributed by atoms with Crippen LogP contribution in [0.1, 0.15) is 0 Å². The molecule has 0 unspecified atom stereocenters. The minimum atomic E-state index is 0.628. The van der Waals surface area contributed by atoms with Gasteiger partial charge in [0.15, 0.2) is 0 Å². The van der Waals surface area contributed by atoms with Gasteiger partial charge in [0.2, 0.25) is 0 Å². The fourth-order valence-corrected chi connectivity index (χ4v) is 0. The van der Waals surface area contributed by atoms with Gasteiger partial charge in [0, 0.05) is 37.2 Å². The van der Waals surface area contributed by atoms with Crippen LogP contribution in [-0.4, -0.2) is 14.1 Å². The van der Waals surface area contributed by atoms with Crippen LogP contribution in [0, 0.1) is 0 Å². The Balaban J connectivity index is -0.0000000315. The molecule has 0 fully saturated rings. The summed E-state index contributed by atoms with van der Waals surface area (Å²) in [5.74, 6) is 4.49. The number of hydrogen-bond acceptors (Lipinski definition) is 3. The molecule has 0 amide bonds. The molecule has 0 aromatic carbocycles. The first kappa shape index (κ1) is 23.6. The molecule has 0 spiro atoms. The van der Waals surface area contributed by atoms with E-state index in [9.17, 15) is 0 Å². The molecule has 0 aliphatic carbocycles. The molecule has 0 heterocycles. The van der Waals surface area contributed by atoms with Crippen LogP contribution in [0.2, 0.25) is 0 Å². The molecule has 4 nitrogen and oxygen atoms in total. The summed E-state index contributed by atoms with van der Waals surface area (Å²) in [7, 11) is 3.64. The summed E-state index contributed by atoms with van der Waals surface area (Å²) >= 11 is 8.98. The summed E-state index contributed by atoms with van der Waals surface area (Å²) in [6.45, 7) is 0.